The molecule has 1 unspecified atom stereocenters. The Morgan fingerprint density at radius 1 is 1.22 bits per heavy atom. The standard InChI is InChI=1S/C21H24N4O2/c1-15-7-9-17(10-8-15)25-21(24-11-3-4-12-24)19(16(2)23-25)20(26)22-14-18-6-5-13-27-18/h3-4,7-12,18H,5-6,13-14H2,1-2H3,(H,22,26). The third-order valence-electron chi connectivity index (χ3n) is 4.90. The molecule has 27 heavy (non-hydrogen) atoms. The van der Waals surface area contributed by atoms with E-state index in [0.29, 0.717) is 17.8 Å². The van der Waals surface area contributed by atoms with Gasteiger partial charge in [-0.15, -0.1) is 0 Å². The van der Waals surface area contributed by atoms with Gasteiger partial charge in [0, 0.05) is 25.5 Å². The number of aryl methyl sites for hydroxylation is 2. The van der Waals surface area contributed by atoms with Gasteiger partial charge in [-0.3, -0.25) is 4.79 Å². The number of aromatic nitrogens is 3. The Morgan fingerprint density at radius 2 is 1.96 bits per heavy atom. The summed E-state index contributed by atoms with van der Waals surface area (Å²) in [6.07, 6.45) is 6.01. The van der Waals surface area contributed by atoms with Crippen LogP contribution in [-0.2, 0) is 4.74 Å². The lowest BCUT2D eigenvalue weighted by Crippen LogP contribution is -2.32. The van der Waals surface area contributed by atoms with Gasteiger partial charge in [0.2, 0.25) is 0 Å². The smallest absolute Gasteiger partial charge is 0.257 e. The molecular formula is C21H24N4O2. The number of carbonyl (C=O) groups is 1. The fourth-order valence-electron chi connectivity index (χ4n) is 3.46. The molecule has 1 fully saturated rings. The monoisotopic (exact) mass is 364 g/mol. The minimum absolute atomic E-state index is 0.108. The first-order valence-electron chi connectivity index (χ1n) is 9.33. The molecule has 140 valence electrons. The van der Waals surface area contributed by atoms with Crippen molar-refractivity contribution in [1.29, 1.82) is 0 Å². The Balaban J connectivity index is 1.72. The van der Waals surface area contributed by atoms with Gasteiger partial charge in [0.05, 0.1) is 17.5 Å². The van der Waals surface area contributed by atoms with Crippen molar-refractivity contribution in [1.82, 2.24) is 19.7 Å². The van der Waals surface area contributed by atoms with Gasteiger partial charge in [-0.05, 0) is 51.0 Å². The van der Waals surface area contributed by atoms with Crippen LogP contribution in [0, 0.1) is 13.8 Å². The summed E-state index contributed by atoms with van der Waals surface area (Å²) in [5, 5.41) is 7.70. The first-order chi connectivity index (χ1) is 13.1. The second kappa shape index (κ2) is 7.40. The molecule has 3 heterocycles. The van der Waals surface area contributed by atoms with E-state index < -0.39 is 0 Å². The number of nitrogens with zero attached hydrogens (tertiary/aromatic N) is 3. The zero-order valence-corrected chi connectivity index (χ0v) is 15.7. The lowest BCUT2D eigenvalue weighted by atomic mass is 10.2. The highest BCUT2D eigenvalue weighted by Crippen LogP contribution is 2.23. The van der Waals surface area contributed by atoms with Gasteiger partial charge in [0.25, 0.3) is 5.91 Å². The topological polar surface area (TPSA) is 61.1 Å². The predicted molar refractivity (Wildman–Crippen MR) is 104 cm³/mol. The maximum absolute atomic E-state index is 13.0. The SMILES string of the molecule is Cc1ccc(-n2nc(C)c(C(=O)NCC3CCCO3)c2-n2cccc2)cc1. The van der Waals surface area contributed by atoms with Gasteiger partial charge < -0.3 is 14.6 Å². The molecule has 3 aromatic rings. The van der Waals surface area contributed by atoms with Crippen LogP contribution in [0.3, 0.4) is 0 Å². The summed E-state index contributed by atoms with van der Waals surface area (Å²) in [5.41, 5.74) is 3.39. The lowest BCUT2D eigenvalue weighted by Gasteiger charge is -2.13. The minimum Gasteiger partial charge on any atom is -0.376 e. The summed E-state index contributed by atoms with van der Waals surface area (Å²) < 4.78 is 9.38. The molecule has 1 amide bonds. The van der Waals surface area contributed by atoms with Crippen molar-refractivity contribution >= 4 is 5.91 Å². The Morgan fingerprint density at radius 3 is 2.63 bits per heavy atom. The van der Waals surface area contributed by atoms with E-state index in [1.807, 2.05) is 65.0 Å². The molecule has 1 aliphatic rings. The molecule has 1 aliphatic heterocycles. The highest BCUT2D eigenvalue weighted by atomic mass is 16.5. The molecule has 6 nitrogen and oxygen atoms in total. The maximum atomic E-state index is 13.0. The van der Waals surface area contributed by atoms with Gasteiger partial charge in [-0.2, -0.15) is 5.10 Å². The van der Waals surface area contributed by atoms with E-state index in [-0.39, 0.29) is 12.0 Å². The summed E-state index contributed by atoms with van der Waals surface area (Å²) in [4.78, 5) is 13.0. The van der Waals surface area contributed by atoms with Crippen molar-refractivity contribution in [3.05, 3.63) is 65.6 Å². The molecule has 1 N–H and O–H groups in total. The van der Waals surface area contributed by atoms with Crippen LogP contribution in [0.5, 0.6) is 0 Å². The van der Waals surface area contributed by atoms with Crippen LogP contribution >= 0.6 is 0 Å². The molecule has 1 aromatic carbocycles. The number of hydrogen-bond acceptors (Lipinski definition) is 3. The molecule has 1 saturated heterocycles. The molecule has 0 spiro atoms. The average Bonchev–Trinajstić information content (AvgIpc) is 3.41. The quantitative estimate of drug-likeness (QED) is 0.756. The summed E-state index contributed by atoms with van der Waals surface area (Å²) >= 11 is 0. The van der Waals surface area contributed by atoms with Crippen molar-refractivity contribution in [3.8, 4) is 11.5 Å². The van der Waals surface area contributed by atoms with Gasteiger partial charge in [-0.1, -0.05) is 17.7 Å². The summed E-state index contributed by atoms with van der Waals surface area (Å²) in [5.74, 6) is 0.622. The number of benzene rings is 1. The van der Waals surface area contributed by atoms with Crippen LogP contribution in [0.25, 0.3) is 11.5 Å². The van der Waals surface area contributed by atoms with Gasteiger partial charge >= 0.3 is 0 Å². The molecule has 6 heteroatoms. The number of nitrogens with one attached hydrogen (secondary N) is 1. The van der Waals surface area contributed by atoms with Crippen molar-refractivity contribution in [2.75, 3.05) is 13.2 Å². The Labute approximate surface area is 158 Å². The normalized spacial score (nSPS) is 16.6. The van der Waals surface area contributed by atoms with Gasteiger partial charge in [0.15, 0.2) is 5.82 Å². The van der Waals surface area contributed by atoms with Crippen LogP contribution in [0.2, 0.25) is 0 Å². The van der Waals surface area contributed by atoms with E-state index in [1.165, 1.54) is 5.56 Å². The number of ether oxygens (including phenoxy) is 1. The summed E-state index contributed by atoms with van der Waals surface area (Å²) in [6, 6.07) is 12.0. The molecule has 0 radical (unpaired) electrons. The molecular weight excluding hydrogens is 340 g/mol. The highest BCUT2D eigenvalue weighted by Gasteiger charge is 2.25. The maximum Gasteiger partial charge on any atom is 0.257 e. The zero-order chi connectivity index (χ0) is 18.8. The molecule has 2 aromatic heterocycles. The lowest BCUT2D eigenvalue weighted by molar-refractivity contribution is 0.0857. The van der Waals surface area contributed by atoms with E-state index in [1.54, 1.807) is 0 Å². The third-order valence-corrected chi connectivity index (χ3v) is 4.90. The van der Waals surface area contributed by atoms with Gasteiger partial charge in [0.1, 0.15) is 5.56 Å². The van der Waals surface area contributed by atoms with Gasteiger partial charge in [-0.25, -0.2) is 4.68 Å². The van der Waals surface area contributed by atoms with Crippen LogP contribution in [0.4, 0.5) is 0 Å². The number of rotatable bonds is 5. The van der Waals surface area contributed by atoms with Crippen LogP contribution in [0.15, 0.2) is 48.8 Å². The first kappa shape index (κ1) is 17.5. The van der Waals surface area contributed by atoms with E-state index in [2.05, 4.69) is 17.3 Å². The van der Waals surface area contributed by atoms with E-state index >= 15 is 0 Å². The third kappa shape index (κ3) is 3.53. The Hall–Kier alpha value is -2.86. The Kier molecular flexibility index (Phi) is 4.81. The van der Waals surface area contributed by atoms with Crippen LogP contribution < -0.4 is 5.32 Å². The number of carbonyl (C=O) groups excluding carboxylic acids is 1. The average molecular weight is 364 g/mol. The second-order valence-corrected chi connectivity index (χ2v) is 6.97. The molecule has 0 saturated carbocycles. The van der Waals surface area contributed by atoms with Crippen molar-refractivity contribution in [3.63, 3.8) is 0 Å². The highest BCUT2D eigenvalue weighted by molar-refractivity contribution is 5.98. The molecule has 4 rings (SSSR count). The molecule has 0 bridgehead atoms. The fraction of sp³-hybridized carbons (Fsp3) is 0.333. The summed E-state index contributed by atoms with van der Waals surface area (Å²) in [7, 11) is 0. The zero-order valence-electron chi connectivity index (χ0n) is 15.7. The molecule has 0 aliphatic carbocycles. The fourth-order valence-corrected chi connectivity index (χ4v) is 3.46. The number of amides is 1. The number of hydrogen-bond donors (Lipinski definition) is 1. The molecule has 1 atom stereocenters. The van der Waals surface area contributed by atoms with E-state index in [4.69, 9.17) is 4.74 Å². The van der Waals surface area contributed by atoms with Crippen molar-refractivity contribution in [2.45, 2.75) is 32.8 Å². The van der Waals surface area contributed by atoms with Crippen molar-refractivity contribution in [2.24, 2.45) is 0 Å². The predicted octanol–water partition coefficient (Wildman–Crippen LogP) is 3.19. The van der Waals surface area contributed by atoms with Crippen molar-refractivity contribution < 1.29 is 9.53 Å². The van der Waals surface area contributed by atoms with Crippen LogP contribution in [-0.4, -0.2) is 39.5 Å². The summed E-state index contributed by atoms with van der Waals surface area (Å²) in [6.45, 7) is 5.23. The van der Waals surface area contributed by atoms with E-state index in [0.717, 1.165) is 31.0 Å². The second-order valence-electron chi connectivity index (χ2n) is 6.97. The van der Waals surface area contributed by atoms with Crippen LogP contribution in [0.1, 0.15) is 34.5 Å². The minimum atomic E-state index is -0.120. The Bertz CT molecular complexity index is 920. The first-order valence-corrected chi connectivity index (χ1v) is 9.33. The largest absolute Gasteiger partial charge is 0.376 e. The van der Waals surface area contributed by atoms with E-state index in [9.17, 15) is 4.79 Å².